The first-order valence-electron chi connectivity index (χ1n) is 16.3. The SMILES string of the molecule is CCOc1nc(C2CC2)nc(OC)c1CN1CC2CN(C(=O)c3cnccn3)CCN2C(C(c2ccccc2)c2ccccc2)C1. The standard InChI is InChI=1S/C36H41N7O3/c1-3-46-35-29(34(45-2)39-33(40-35)27-14-15-27)23-41-21-28-22-42(36(44)30-20-37-16-17-38-30)18-19-43(28)31(24-41)32(25-10-6-4-7-11-25)26-12-8-5-9-13-26/h4-13,16-17,20,27-28,31-32H,3,14-15,18-19,21-24H2,1-2H3. The highest BCUT2D eigenvalue weighted by atomic mass is 16.5. The van der Waals surface area contributed by atoms with Gasteiger partial charge >= 0.3 is 0 Å². The Bertz CT molecular complexity index is 1580. The average molecular weight is 620 g/mol. The lowest BCUT2D eigenvalue weighted by Crippen LogP contribution is -2.67. The van der Waals surface area contributed by atoms with E-state index in [0.717, 1.165) is 43.9 Å². The number of aromatic nitrogens is 4. The molecule has 3 aliphatic rings. The quantitative estimate of drug-likeness (QED) is 0.256. The molecule has 2 saturated heterocycles. The number of ether oxygens (including phenoxy) is 2. The summed E-state index contributed by atoms with van der Waals surface area (Å²) in [7, 11) is 1.68. The number of hydrogen-bond donors (Lipinski definition) is 0. The minimum absolute atomic E-state index is 0.0755. The fourth-order valence-corrected chi connectivity index (χ4v) is 7.12. The lowest BCUT2D eigenvalue weighted by molar-refractivity contribution is -0.0293. The van der Waals surface area contributed by atoms with Gasteiger partial charge in [-0.25, -0.2) is 4.98 Å². The molecule has 238 valence electrons. The van der Waals surface area contributed by atoms with Crippen LogP contribution in [0.5, 0.6) is 11.8 Å². The van der Waals surface area contributed by atoms with E-state index in [1.165, 1.54) is 11.1 Å². The van der Waals surface area contributed by atoms with E-state index in [1.54, 1.807) is 25.7 Å². The molecular weight excluding hydrogens is 578 g/mol. The van der Waals surface area contributed by atoms with Crippen LogP contribution in [0.4, 0.5) is 0 Å². The molecule has 7 rings (SSSR count). The van der Waals surface area contributed by atoms with Crippen molar-refractivity contribution in [2.24, 2.45) is 0 Å². The summed E-state index contributed by atoms with van der Waals surface area (Å²) in [6, 6.07) is 21.9. The maximum Gasteiger partial charge on any atom is 0.274 e. The Balaban J connectivity index is 1.25. The van der Waals surface area contributed by atoms with Crippen LogP contribution in [0.2, 0.25) is 0 Å². The van der Waals surface area contributed by atoms with Crippen LogP contribution in [0.25, 0.3) is 0 Å². The Hall–Kier alpha value is -4.41. The minimum Gasteiger partial charge on any atom is -0.481 e. The van der Waals surface area contributed by atoms with Gasteiger partial charge in [-0.2, -0.15) is 9.97 Å². The normalized spacial score (nSPS) is 20.4. The lowest BCUT2D eigenvalue weighted by atomic mass is 9.81. The number of piperazine rings is 2. The third-order valence-corrected chi connectivity index (χ3v) is 9.39. The van der Waals surface area contributed by atoms with Gasteiger partial charge in [0.15, 0.2) is 0 Å². The van der Waals surface area contributed by atoms with Crippen molar-refractivity contribution in [1.82, 2.24) is 34.6 Å². The number of carbonyl (C=O) groups is 1. The Morgan fingerprint density at radius 1 is 0.913 bits per heavy atom. The summed E-state index contributed by atoms with van der Waals surface area (Å²) < 4.78 is 12.0. The lowest BCUT2D eigenvalue weighted by Gasteiger charge is -2.53. The Kier molecular flexibility index (Phi) is 8.89. The number of methoxy groups -OCH3 is 1. The van der Waals surface area contributed by atoms with Gasteiger partial charge in [0.2, 0.25) is 11.8 Å². The number of rotatable bonds is 10. The zero-order chi connectivity index (χ0) is 31.5. The summed E-state index contributed by atoms with van der Waals surface area (Å²) in [5.74, 6) is 2.45. The van der Waals surface area contributed by atoms with Gasteiger partial charge in [0, 0.05) is 75.6 Å². The fourth-order valence-electron chi connectivity index (χ4n) is 7.12. The Labute approximate surface area is 270 Å². The Morgan fingerprint density at radius 3 is 2.26 bits per heavy atom. The zero-order valence-electron chi connectivity index (χ0n) is 26.5. The van der Waals surface area contributed by atoms with E-state index in [-0.39, 0.29) is 23.9 Å². The highest BCUT2D eigenvalue weighted by Gasteiger charge is 2.44. The van der Waals surface area contributed by atoms with Crippen LogP contribution in [0.3, 0.4) is 0 Å². The van der Waals surface area contributed by atoms with Crippen molar-refractivity contribution in [3.05, 3.63) is 107 Å². The van der Waals surface area contributed by atoms with E-state index >= 15 is 0 Å². The van der Waals surface area contributed by atoms with Gasteiger partial charge in [0.25, 0.3) is 5.91 Å². The van der Waals surface area contributed by atoms with Gasteiger partial charge in [0.1, 0.15) is 11.5 Å². The molecule has 46 heavy (non-hydrogen) atoms. The van der Waals surface area contributed by atoms with E-state index < -0.39 is 0 Å². The first-order chi connectivity index (χ1) is 22.6. The third-order valence-electron chi connectivity index (χ3n) is 9.39. The van der Waals surface area contributed by atoms with Gasteiger partial charge in [-0.1, -0.05) is 60.7 Å². The summed E-state index contributed by atoms with van der Waals surface area (Å²) in [4.78, 5) is 38.8. The van der Waals surface area contributed by atoms with Crippen molar-refractivity contribution in [3.8, 4) is 11.8 Å². The molecule has 2 atom stereocenters. The highest BCUT2D eigenvalue weighted by molar-refractivity contribution is 5.92. The molecule has 10 heteroatoms. The molecule has 3 fully saturated rings. The largest absolute Gasteiger partial charge is 0.481 e. The third kappa shape index (κ3) is 6.32. The van der Waals surface area contributed by atoms with Crippen molar-refractivity contribution in [1.29, 1.82) is 0 Å². The highest BCUT2D eigenvalue weighted by Crippen LogP contribution is 2.41. The van der Waals surface area contributed by atoms with Crippen LogP contribution >= 0.6 is 0 Å². The van der Waals surface area contributed by atoms with Crippen molar-refractivity contribution in [3.63, 3.8) is 0 Å². The average Bonchev–Trinajstić information content (AvgIpc) is 3.96. The van der Waals surface area contributed by atoms with E-state index in [4.69, 9.17) is 19.4 Å². The first kappa shape index (κ1) is 30.3. The van der Waals surface area contributed by atoms with Crippen LogP contribution in [-0.4, -0.2) is 99.1 Å². The van der Waals surface area contributed by atoms with Crippen molar-refractivity contribution >= 4 is 5.91 Å². The van der Waals surface area contributed by atoms with E-state index in [0.29, 0.717) is 49.6 Å². The zero-order valence-corrected chi connectivity index (χ0v) is 26.5. The molecule has 1 saturated carbocycles. The van der Waals surface area contributed by atoms with Crippen LogP contribution in [0, 0.1) is 0 Å². The molecule has 0 spiro atoms. The van der Waals surface area contributed by atoms with Crippen LogP contribution in [0.15, 0.2) is 79.3 Å². The van der Waals surface area contributed by atoms with Crippen LogP contribution in [-0.2, 0) is 6.54 Å². The van der Waals surface area contributed by atoms with Crippen molar-refractivity contribution in [2.45, 2.75) is 50.2 Å². The second kappa shape index (κ2) is 13.5. The minimum atomic E-state index is -0.0755. The second-order valence-corrected chi connectivity index (χ2v) is 12.4. The Morgan fingerprint density at radius 2 is 1.63 bits per heavy atom. The molecule has 1 aliphatic carbocycles. The molecule has 2 unspecified atom stereocenters. The second-order valence-electron chi connectivity index (χ2n) is 12.4. The number of hydrogen-bond acceptors (Lipinski definition) is 9. The number of benzene rings is 2. The molecule has 0 radical (unpaired) electrons. The summed E-state index contributed by atoms with van der Waals surface area (Å²) in [6.07, 6.45) is 6.93. The molecular formula is C36H41N7O3. The van der Waals surface area contributed by atoms with Gasteiger partial charge < -0.3 is 14.4 Å². The topological polar surface area (TPSA) is 96.8 Å². The van der Waals surface area contributed by atoms with E-state index in [9.17, 15) is 4.79 Å². The maximum atomic E-state index is 13.5. The molecule has 1 amide bonds. The molecule has 10 nitrogen and oxygen atoms in total. The van der Waals surface area contributed by atoms with Gasteiger partial charge in [-0.15, -0.1) is 0 Å². The fraction of sp³-hybridized carbons (Fsp3) is 0.417. The van der Waals surface area contributed by atoms with Crippen LogP contribution in [0.1, 0.15) is 64.6 Å². The summed E-state index contributed by atoms with van der Waals surface area (Å²) in [5, 5.41) is 0. The summed E-state index contributed by atoms with van der Waals surface area (Å²) in [5.41, 5.74) is 3.81. The molecule has 0 N–H and O–H groups in total. The van der Waals surface area contributed by atoms with E-state index in [2.05, 4.69) is 80.4 Å². The van der Waals surface area contributed by atoms with Crippen molar-refractivity contribution < 1.29 is 14.3 Å². The number of amides is 1. The predicted octanol–water partition coefficient (Wildman–Crippen LogP) is 4.39. The van der Waals surface area contributed by atoms with Crippen molar-refractivity contribution in [2.75, 3.05) is 46.4 Å². The maximum absolute atomic E-state index is 13.5. The summed E-state index contributed by atoms with van der Waals surface area (Å²) >= 11 is 0. The number of carbonyl (C=O) groups excluding carboxylic acids is 1. The molecule has 4 heterocycles. The first-order valence-corrected chi connectivity index (χ1v) is 16.3. The van der Waals surface area contributed by atoms with Crippen LogP contribution < -0.4 is 9.47 Å². The number of nitrogens with zero attached hydrogens (tertiary/aromatic N) is 7. The smallest absolute Gasteiger partial charge is 0.274 e. The monoisotopic (exact) mass is 619 g/mol. The summed E-state index contributed by atoms with van der Waals surface area (Å²) in [6.45, 7) is 6.69. The molecule has 2 aliphatic heterocycles. The van der Waals surface area contributed by atoms with Gasteiger partial charge in [-0.3, -0.25) is 19.6 Å². The molecule has 4 aromatic rings. The van der Waals surface area contributed by atoms with E-state index in [1.807, 2.05) is 11.8 Å². The molecule has 0 bridgehead atoms. The molecule has 2 aromatic carbocycles. The predicted molar refractivity (Wildman–Crippen MR) is 174 cm³/mol. The van der Waals surface area contributed by atoms with Gasteiger partial charge in [0.05, 0.1) is 25.5 Å². The number of fused-ring (bicyclic) bond motifs is 1. The van der Waals surface area contributed by atoms with Gasteiger partial charge in [-0.05, 0) is 30.9 Å². The molecule has 2 aromatic heterocycles.